The van der Waals surface area contributed by atoms with Gasteiger partial charge in [-0.15, -0.1) is 0 Å². The zero-order valence-corrected chi connectivity index (χ0v) is 71.3. The minimum Gasteiger partial charge on any atom is -0.462 e. The lowest BCUT2D eigenvalue weighted by Crippen LogP contribution is -2.37. The molecule has 9 nitrogen and oxygen atoms in total. The van der Waals surface area contributed by atoms with Crippen LogP contribution in [0.15, 0.2) is 122 Å². The summed E-state index contributed by atoms with van der Waals surface area (Å²) in [4.78, 5) is 36.1. The monoisotopic (exact) mass is 1500 g/mol. The van der Waals surface area contributed by atoms with Crippen LogP contribution < -0.4 is 0 Å². The molecule has 0 radical (unpaired) electrons. The van der Waals surface area contributed by atoms with Crippen molar-refractivity contribution in [1.29, 1.82) is 0 Å². The summed E-state index contributed by atoms with van der Waals surface area (Å²) in [6, 6.07) is 0. The van der Waals surface area contributed by atoms with Gasteiger partial charge < -0.3 is 18.9 Å². The predicted molar refractivity (Wildman–Crippen MR) is 464 cm³/mol. The highest BCUT2D eigenvalue weighted by Crippen LogP contribution is 2.43. The van der Waals surface area contributed by atoms with E-state index in [1.807, 2.05) is 21.1 Å². The number of hydrogen-bond donors (Lipinski definition) is 1. The van der Waals surface area contributed by atoms with Gasteiger partial charge in [-0.3, -0.25) is 18.6 Å². The Labute approximate surface area is 658 Å². The average Bonchev–Trinajstić information content (AvgIpc) is 0.951. The molecule has 0 aliphatic carbocycles. The summed E-state index contributed by atoms with van der Waals surface area (Å²) < 4.78 is 34.9. The topological polar surface area (TPSA) is 108 Å². The summed E-state index contributed by atoms with van der Waals surface area (Å²) in [5.74, 6) is -0.775. The molecule has 2 unspecified atom stereocenters. The maximum absolute atomic E-state index is 13.0. The van der Waals surface area contributed by atoms with Crippen molar-refractivity contribution in [3.8, 4) is 0 Å². The van der Waals surface area contributed by atoms with Crippen molar-refractivity contribution in [2.45, 2.75) is 431 Å². The zero-order chi connectivity index (χ0) is 76.8. The van der Waals surface area contributed by atoms with Gasteiger partial charge in [0.15, 0.2) is 6.10 Å². The maximum Gasteiger partial charge on any atom is 0.472 e. The van der Waals surface area contributed by atoms with Crippen LogP contribution in [-0.4, -0.2) is 74.9 Å². The Balaban J connectivity index is 3.85. The fourth-order valence-corrected chi connectivity index (χ4v) is 13.9. The van der Waals surface area contributed by atoms with Crippen molar-refractivity contribution in [3.05, 3.63) is 122 Å². The molecule has 0 aromatic rings. The number of unbranched alkanes of at least 4 members (excludes halogenated alkanes) is 50. The average molecular weight is 1500 g/mol. The SMILES string of the molecule is CC/C=C\C/C=C\C/C=C\C/C=C\C/C=C\CCCCCCCCCCCCCCCCCCCCCCCCCCCC(=O)OCC(COP(=O)(O)OCC[N+](C)(C)C)OC(=O)CCCCCCCCCCCCCCCCCCCCCCCCCCC/C=C\C/C=C\C/C=C\C/C=C\C/C=C\CC. The van der Waals surface area contributed by atoms with Gasteiger partial charge in [-0.1, -0.05) is 431 Å². The summed E-state index contributed by atoms with van der Waals surface area (Å²) in [5, 5.41) is 0. The third-order valence-corrected chi connectivity index (χ3v) is 21.0. The Morgan fingerprint density at radius 2 is 0.509 bits per heavy atom. The van der Waals surface area contributed by atoms with Crippen LogP contribution in [0.5, 0.6) is 0 Å². The number of carbonyl (C=O) groups excluding carboxylic acids is 2. The highest BCUT2D eigenvalue weighted by atomic mass is 31.2. The Morgan fingerprint density at radius 3 is 0.755 bits per heavy atom. The van der Waals surface area contributed by atoms with Crippen LogP contribution in [0, 0.1) is 0 Å². The molecular formula is C96H173NO8P+. The zero-order valence-electron chi connectivity index (χ0n) is 70.4. The van der Waals surface area contributed by atoms with Gasteiger partial charge in [0.1, 0.15) is 19.8 Å². The molecule has 106 heavy (non-hydrogen) atoms. The summed E-state index contributed by atoms with van der Waals surface area (Å²) in [6.07, 6.45) is 124. The summed E-state index contributed by atoms with van der Waals surface area (Å²) in [7, 11) is 1.50. The lowest BCUT2D eigenvalue weighted by molar-refractivity contribution is -0.870. The molecule has 10 heteroatoms. The van der Waals surface area contributed by atoms with Crippen molar-refractivity contribution in [2.24, 2.45) is 0 Å². The third-order valence-electron chi connectivity index (χ3n) is 20.0. The van der Waals surface area contributed by atoms with E-state index in [1.54, 1.807) is 0 Å². The van der Waals surface area contributed by atoms with E-state index in [9.17, 15) is 19.0 Å². The first-order chi connectivity index (χ1) is 52.0. The quantitative estimate of drug-likeness (QED) is 0.0211. The van der Waals surface area contributed by atoms with Crippen molar-refractivity contribution >= 4 is 19.8 Å². The number of esters is 2. The first-order valence-corrected chi connectivity index (χ1v) is 46.8. The standard InChI is InChI=1S/C96H172NO8P/c1-6-8-10-12-14-16-18-20-22-24-26-28-30-32-34-36-38-40-42-44-46-48-50-52-54-56-58-60-62-64-66-68-70-72-74-76-78-80-82-84-86-88-95(98)102-92-94(93-104-106(100,101)103-91-90-97(3,4)5)105-96(99)89-87-85-83-81-79-77-75-73-71-69-67-65-63-61-59-57-55-53-51-49-47-45-43-41-39-37-35-33-31-29-27-25-23-21-19-17-15-13-11-9-7-2/h8-11,14-17,20-23,26-29,32-35,94H,6-7,12-13,18-19,24-25,30-31,36-93H2,1-5H3/p+1/b10-8-,11-9-,16-14-,17-15-,22-20-,23-21-,28-26-,29-27-,34-32-,35-33-. The first kappa shape index (κ1) is 102. The molecule has 0 aliphatic heterocycles. The predicted octanol–water partition coefficient (Wildman–Crippen LogP) is 30.8. The lowest BCUT2D eigenvalue weighted by Gasteiger charge is -2.24. The molecule has 0 fully saturated rings. The molecule has 0 rings (SSSR count). The number of carbonyl (C=O) groups is 2. The van der Waals surface area contributed by atoms with E-state index >= 15 is 0 Å². The molecule has 0 bridgehead atoms. The Kier molecular flexibility index (Phi) is 82.5. The van der Waals surface area contributed by atoms with E-state index in [4.69, 9.17) is 18.5 Å². The first-order valence-electron chi connectivity index (χ1n) is 45.3. The molecule has 0 amide bonds. The van der Waals surface area contributed by atoms with Crippen molar-refractivity contribution in [1.82, 2.24) is 0 Å². The molecule has 0 aromatic carbocycles. The number of phosphoric ester groups is 1. The fraction of sp³-hybridized carbons (Fsp3) is 0.771. The maximum atomic E-state index is 13.0. The molecule has 0 saturated heterocycles. The number of rotatable bonds is 84. The highest BCUT2D eigenvalue weighted by Gasteiger charge is 2.27. The van der Waals surface area contributed by atoms with Crippen molar-refractivity contribution < 1.29 is 42.1 Å². The van der Waals surface area contributed by atoms with Crippen molar-refractivity contribution in [3.63, 3.8) is 0 Å². The molecule has 0 spiro atoms. The number of quaternary nitrogens is 1. The van der Waals surface area contributed by atoms with Crippen LogP contribution in [0.2, 0.25) is 0 Å². The molecular weight excluding hydrogens is 1330 g/mol. The minimum absolute atomic E-state index is 0.0325. The van der Waals surface area contributed by atoms with Crippen molar-refractivity contribution in [2.75, 3.05) is 47.5 Å². The van der Waals surface area contributed by atoms with Crippen LogP contribution in [0.25, 0.3) is 0 Å². The number of hydrogen-bond acceptors (Lipinski definition) is 7. The van der Waals surface area contributed by atoms with E-state index in [0.717, 1.165) is 96.3 Å². The summed E-state index contributed by atoms with van der Waals surface area (Å²) in [6.45, 7) is 4.27. The molecule has 0 aliphatic rings. The lowest BCUT2D eigenvalue weighted by atomic mass is 10.0. The van der Waals surface area contributed by atoms with Gasteiger partial charge >= 0.3 is 19.8 Å². The van der Waals surface area contributed by atoms with Gasteiger partial charge in [-0.2, -0.15) is 0 Å². The summed E-state index contributed by atoms with van der Waals surface area (Å²) in [5.41, 5.74) is 0. The Bertz CT molecular complexity index is 2210. The van der Waals surface area contributed by atoms with Gasteiger partial charge in [-0.05, 0) is 103 Å². The second-order valence-electron chi connectivity index (χ2n) is 31.6. The van der Waals surface area contributed by atoms with Gasteiger partial charge in [-0.25, -0.2) is 4.57 Å². The molecule has 0 heterocycles. The van der Waals surface area contributed by atoms with E-state index in [-0.39, 0.29) is 25.6 Å². The molecule has 2 atom stereocenters. The Hall–Kier alpha value is -3.59. The number of nitrogens with zero attached hydrogens (tertiary/aromatic N) is 1. The molecule has 614 valence electrons. The number of likely N-dealkylation sites (N-methyl/N-ethyl adjacent to an activating group) is 1. The van der Waals surface area contributed by atoms with Crippen LogP contribution in [-0.2, 0) is 32.7 Å². The second kappa shape index (κ2) is 85.4. The van der Waals surface area contributed by atoms with E-state index in [2.05, 4.69) is 135 Å². The Morgan fingerprint density at radius 1 is 0.292 bits per heavy atom. The van der Waals surface area contributed by atoms with Gasteiger partial charge in [0, 0.05) is 12.8 Å². The van der Waals surface area contributed by atoms with Gasteiger partial charge in [0.25, 0.3) is 0 Å². The smallest absolute Gasteiger partial charge is 0.462 e. The number of phosphoric acid groups is 1. The molecule has 0 saturated carbocycles. The van der Waals surface area contributed by atoms with E-state index in [1.165, 1.54) is 295 Å². The number of ether oxygens (including phenoxy) is 2. The van der Waals surface area contributed by atoms with Gasteiger partial charge in [0.2, 0.25) is 0 Å². The second-order valence-corrected chi connectivity index (χ2v) is 33.0. The van der Waals surface area contributed by atoms with E-state index < -0.39 is 26.5 Å². The van der Waals surface area contributed by atoms with Crippen LogP contribution >= 0.6 is 7.82 Å². The largest absolute Gasteiger partial charge is 0.472 e. The van der Waals surface area contributed by atoms with Crippen LogP contribution in [0.3, 0.4) is 0 Å². The highest BCUT2D eigenvalue weighted by molar-refractivity contribution is 7.47. The van der Waals surface area contributed by atoms with Gasteiger partial charge in [0.05, 0.1) is 27.7 Å². The fourth-order valence-electron chi connectivity index (χ4n) is 13.2. The van der Waals surface area contributed by atoms with E-state index in [0.29, 0.717) is 23.9 Å². The third kappa shape index (κ3) is 89.3. The molecule has 0 aromatic heterocycles. The van der Waals surface area contributed by atoms with Crippen LogP contribution in [0.4, 0.5) is 0 Å². The normalized spacial score (nSPS) is 13.5. The van der Waals surface area contributed by atoms with Crippen LogP contribution in [0.1, 0.15) is 425 Å². The summed E-state index contributed by atoms with van der Waals surface area (Å²) >= 11 is 0. The number of allylic oxidation sites excluding steroid dienone is 20. The molecule has 1 N–H and O–H groups in total. The minimum atomic E-state index is -4.40.